The quantitative estimate of drug-likeness (QED) is 0.329. The van der Waals surface area contributed by atoms with Gasteiger partial charge in [0.15, 0.2) is 0 Å². The number of hydrogen-bond donors (Lipinski definition) is 1. The van der Waals surface area contributed by atoms with Gasteiger partial charge in [-0.3, -0.25) is 14.8 Å². The van der Waals surface area contributed by atoms with E-state index >= 15 is 0 Å². The summed E-state index contributed by atoms with van der Waals surface area (Å²) in [5, 5.41) is 1.14. The largest absolute Gasteiger partial charge is 0.274 e. The van der Waals surface area contributed by atoms with E-state index in [-0.39, 0.29) is 12.1 Å². The van der Waals surface area contributed by atoms with E-state index in [0.29, 0.717) is 6.42 Å². The summed E-state index contributed by atoms with van der Waals surface area (Å²) in [4.78, 5) is 14.8. The lowest BCUT2D eigenvalue weighted by Gasteiger charge is -2.22. The number of aliphatic imine (C=N–C) groups is 1. The molecule has 0 aromatic carbocycles. The summed E-state index contributed by atoms with van der Waals surface area (Å²) in [6.45, 7) is 1.42. The van der Waals surface area contributed by atoms with Gasteiger partial charge in [-0.1, -0.05) is 6.08 Å². The first-order valence-electron chi connectivity index (χ1n) is 3.44. The van der Waals surface area contributed by atoms with Crippen molar-refractivity contribution in [2.24, 2.45) is 10.8 Å². The van der Waals surface area contributed by atoms with Gasteiger partial charge in [0.25, 0.3) is 0 Å². The number of hydrazine groups is 1. The van der Waals surface area contributed by atoms with E-state index in [1.807, 2.05) is 12.2 Å². The van der Waals surface area contributed by atoms with E-state index in [2.05, 4.69) is 4.99 Å². The van der Waals surface area contributed by atoms with Crippen molar-refractivity contribution in [1.82, 2.24) is 5.01 Å². The van der Waals surface area contributed by atoms with Gasteiger partial charge in [0.2, 0.25) is 5.91 Å². The molecule has 2 N–H and O–H groups in total. The Morgan fingerprint density at radius 3 is 3.00 bits per heavy atom. The lowest BCUT2D eigenvalue weighted by molar-refractivity contribution is -0.131. The summed E-state index contributed by atoms with van der Waals surface area (Å²) in [5.41, 5.74) is 0. The second-order valence-electron chi connectivity index (χ2n) is 2.37. The van der Waals surface area contributed by atoms with E-state index < -0.39 is 0 Å². The third kappa shape index (κ3) is 1.88. The minimum absolute atomic E-state index is 0.164. The fourth-order valence-corrected chi connectivity index (χ4v) is 0.866. The van der Waals surface area contributed by atoms with Gasteiger partial charge < -0.3 is 0 Å². The lowest BCUT2D eigenvalue weighted by atomic mass is 10.2. The Balaban J connectivity index is 2.55. The number of dihydropyridines is 1. The van der Waals surface area contributed by atoms with Crippen LogP contribution >= 0.6 is 0 Å². The Morgan fingerprint density at radius 1 is 1.82 bits per heavy atom. The number of carbonyl (C=O) groups is 1. The molecule has 1 rings (SSSR count). The average Bonchev–Trinajstić information content (AvgIpc) is 2.05. The molecule has 0 fully saturated rings. The molecule has 1 heterocycles. The normalized spacial score (nSPS) is 21.8. The van der Waals surface area contributed by atoms with Crippen LogP contribution in [0, 0.1) is 0 Å². The molecule has 11 heavy (non-hydrogen) atoms. The smallest absolute Gasteiger partial charge is 0.235 e. The second kappa shape index (κ2) is 3.30. The second-order valence-corrected chi connectivity index (χ2v) is 2.37. The van der Waals surface area contributed by atoms with Crippen molar-refractivity contribution < 1.29 is 4.79 Å². The molecule has 4 heteroatoms. The third-order valence-corrected chi connectivity index (χ3v) is 1.51. The maximum atomic E-state index is 10.7. The number of allylic oxidation sites excluding steroid dienone is 1. The van der Waals surface area contributed by atoms with E-state index in [4.69, 9.17) is 5.84 Å². The van der Waals surface area contributed by atoms with Gasteiger partial charge in [0.05, 0.1) is 0 Å². The standard InChI is InChI=1S/C7H11N3O/c1-6(11)10(8)7-4-2-3-5-9-7/h2-3,5,7H,4,8H2,1H3. The number of nitrogens with two attached hydrogens (primary N) is 1. The van der Waals surface area contributed by atoms with Crippen LogP contribution in [0.5, 0.6) is 0 Å². The lowest BCUT2D eigenvalue weighted by Crippen LogP contribution is -2.43. The molecule has 1 unspecified atom stereocenters. The first-order chi connectivity index (χ1) is 5.22. The molecule has 0 saturated heterocycles. The van der Waals surface area contributed by atoms with Crippen molar-refractivity contribution in [3.63, 3.8) is 0 Å². The summed E-state index contributed by atoms with van der Waals surface area (Å²) in [6.07, 6.45) is 5.91. The minimum Gasteiger partial charge on any atom is -0.274 e. The number of carbonyl (C=O) groups excluding carboxylic acids is 1. The average molecular weight is 153 g/mol. The molecule has 1 aliphatic heterocycles. The highest BCUT2D eigenvalue weighted by Crippen LogP contribution is 2.05. The topological polar surface area (TPSA) is 58.7 Å². The van der Waals surface area contributed by atoms with Gasteiger partial charge in [0, 0.05) is 19.6 Å². The van der Waals surface area contributed by atoms with Crippen molar-refractivity contribution in [2.75, 3.05) is 0 Å². The van der Waals surface area contributed by atoms with Gasteiger partial charge in [-0.25, -0.2) is 5.84 Å². The van der Waals surface area contributed by atoms with Crippen LogP contribution in [0.15, 0.2) is 17.1 Å². The van der Waals surface area contributed by atoms with Crippen LogP contribution in [0.4, 0.5) is 0 Å². The highest BCUT2D eigenvalue weighted by Gasteiger charge is 2.15. The highest BCUT2D eigenvalue weighted by atomic mass is 16.2. The van der Waals surface area contributed by atoms with Crippen molar-refractivity contribution in [3.8, 4) is 0 Å². The van der Waals surface area contributed by atoms with E-state index in [1.165, 1.54) is 6.92 Å². The van der Waals surface area contributed by atoms with Crippen LogP contribution in [0.2, 0.25) is 0 Å². The van der Waals surface area contributed by atoms with E-state index in [0.717, 1.165) is 5.01 Å². The van der Waals surface area contributed by atoms with Gasteiger partial charge in [0.1, 0.15) is 6.17 Å². The molecular weight excluding hydrogens is 142 g/mol. The van der Waals surface area contributed by atoms with Crippen LogP contribution in [-0.2, 0) is 4.79 Å². The summed E-state index contributed by atoms with van der Waals surface area (Å²) in [7, 11) is 0. The first-order valence-corrected chi connectivity index (χ1v) is 3.44. The Labute approximate surface area is 65.4 Å². The zero-order valence-electron chi connectivity index (χ0n) is 6.40. The molecule has 0 aromatic rings. The number of nitrogens with zero attached hydrogens (tertiary/aromatic N) is 2. The minimum atomic E-state index is -0.211. The molecule has 0 aliphatic carbocycles. The fourth-order valence-electron chi connectivity index (χ4n) is 0.866. The molecule has 1 amide bonds. The molecule has 60 valence electrons. The SMILES string of the molecule is CC(=O)N(N)C1CC=CC=N1. The molecule has 0 bridgehead atoms. The van der Waals surface area contributed by atoms with Crippen LogP contribution in [0.25, 0.3) is 0 Å². The third-order valence-electron chi connectivity index (χ3n) is 1.51. The Hall–Kier alpha value is -1.16. The van der Waals surface area contributed by atoms with Gasteiger partial charge in [-0.15, -0.1) is 0 Å². The predicted molar refractivity (Wildman–Crippen MR) is 42.7 cm³/mol. The van der Waals surface area contributed by atoms with Crippen LogP contribution in [0.3, 0.4) is 0 Å². The fraction of sp³-hybridized carbons (Fsp3) is 0.429. The summed E-state index contributed by atoms with van der Waals surface area (Å²) >= 11 is 0. The molecular formula is C7H11N3O. The van der Waals surface area contributed by atoms with Crippen molar-refractivity contribution in [1.29, 1.82) is 0 Å². The van der Waals surface area contributed by atoms with Gasteiger partial charge in [-0.2, -0.15) is 0 Å². The zero-order valence-corrected chi connectivity index (χ0v) is 6.40. The van der Waals surface area contributed by atoms with Crippen LogP contribution in [0.1, 0.15) is 13.3 Å². The highest BCUT2D eigenvalue weighted by molar-refractivity contribution is 5.75. The van der Waals surface area contributed by atoms with E-state index in [9.17, 15) is 4.79 Å². The van der Waals surface area contributed by atoms with Gasteiger partial charge in [-0.05, 0) is 6.08 Å². The molecule has 0 aromatic heterocycles. The van der Waals surface area contributed by atoms with E-state index in [1.54, 1.807) is 6.21 Å². The summed E-state index contributed by atoms with van der Waals surface area (Å²) in [5.74, 6) is 5.26. The summed E-state index contributed by atoms with van der Waals surface area (Å²) < 4.78 is 0. The maximum absolute atomic E-state index is 10.7. The molecule has 4 nitrogen and oxygen atoms in total. The Kier molecular flexibility index (Phi) is 2.38. The van der Waals surface area contributed by atoms with Crippen molar-refractivity contribution in [2.45, 2.75) is 19.5 Å². The molecule has 1 aliphatic rings. The number of amides is 1. The maximum Gasteiger partial charge on any atom is 0.235 e. The molecule has 1 atom stereocenters. The Bertz CT molecular complexity index is 210. The number of hydrogen-bond acceptors (Lipinski definition) is 3. The van der Waals surface area contributed by atoms with Gasteiger partial charge >= 0.3 is 0 Å². The van der Waals surface area contributed by atoms with Crippen LogP contribution < -0.4 is 5.84 Å². The Morgan fingerprint density at radius 2 is 2.55 bits per heavy atom. The predicted octanol–water partition coefficient (Wildman–Crippen LogP) is 0.0654. The van der Waals surface area contributed by atoms with Crippen LogP contribution in [-0.4, -0.2) is 23.3 Å². The van der Waals surface area contributed by atoms with Crippen molar-refractivity contribution >= 4 is 12.1 Å². The first kappa shape index (κ1) is 7.94. The molecule has 0 spiro atoms. The molecule has 0 radical (unpaired) electrons. The number of rotatable bonds is 1. The molecule has 0 saturated carbocycles. The van der Waals surface area contributed by atoms with Crippen molar-refractivity contribution in [3.05, 3.63) is 12.2 Å². The monoisotopic (exact) mass is 153 g/mol. The summed E-state index contributed by atoms with van der Waals surface area (Å²) in [6, 6.07) is 0. The zero-order chi connectivity index (χ0) is 8.27.